The molecule has 104 valence electrons. The van der Waals surface area contributed by atoms with E-state index in [9.17, 15) is 9.59 Å². The lowest BCUT2D eigenvalue weighted by atomic mass is 10.2. The quantitative estimate of drug-likeness (QED) is 0.938. The van der Waals surface area contributed by atoms with Crippen LogP contribution < -0.4 is 5.73 Å². The Kier molecular flexibility index (Phi) is 4.36. The Morgan fingerprint density at radius 1 is 1.35 bits per heavy atom. The first-order chi connectivity index (χ1) is 9.47. The van der Waals surface area contributed by atoms with Crippen LogP contribution in [0.1, 0.15) is 10.5 Å². The number of carbonyl (C=O) groups is 2. The van der Waals surface area contributed by atoms with Gasteiger partial charge in [0, 0.05) is 23.0 Å². The summed E-state index contributed by atoms with van der Waals surface area (Å²) in [6, 6.07) is 7.20. The summed E-state index contributed by atoms with van der Waals surface area (Å²) < 4.78 is 0. The van der Waals surface area contributed by atoms with Gasteiger partial charge in [0.1, 0.15) is 10.7 Å². The molecule has 0 aliphatic carbocycles. The number of aromatic nitrogens is 1. The fourth-order valence-corrected chi connectivity index (χ4v) is 2.52. The van der Waals surface area contributed by atoms with Gasteiger partial charge < -0.3 is 10.6 Å². The second-order valence-corrected chi connectivity index (χ2v) is 5.47. The fourth-order valence-electron chi connectivity index (χ4n) is 1.60. The van der Waals surface area contributed by atoms with Crippen LogP contribution in [0.3, 0.4) is 0 Å². The first-order valence-electron chi connectivity index (χ1n) is 5.72. The zero-order chi connectivity index (χ0) is 14.7. The molecule has 2 aromatic rings. The van der Waals surface area contributed by atoms with Crippen LogP contribution in [-0.4, -0.2) is 35.3 Å². The van der Waals surface area contributed by atoms with Crippen molar-refractivity contribution in [2.75, 3.05) is 13.6 Å². The summed E-state index contributed by atoms with van der Waals surface area (Å²) in [7, 11) is 1.51. The smallest absolute Gasteiger partial charge is 0.273 e. The van der Waals surface area contributed by atoms with E-state index in [0.717, 1.165) is 10.6 Å². The Bertz CT molecular complexity index is 639. The molecule has 0 saturated heterocycles. The summed E-state index contributed by atoms with van der Waals surface area (Å²) in [6.07, 6.45) is 0. The normalized spacial score (nSPS) is 10.3. The van der Waals surface area contributed by atoms with Crippen molar-refractivity contribution in [1.82, 2.24) is 9.88 Å². The van der Waals surface area contributed by atoms with Crippen molar-refractivity contribution in [2.24, 2.45) is 5.73 Å². The van der Waals surface area contributed by atoms with Gasteiger partial charge >= 0.3 is 0 Å². The number of carbonyl (C=O) groups excluding carboxylic acids is 2. The Morgan fingerprint density at radius 2 is 2.00 bits per heavy atom. The number of benzene rings is 1. The predicted octanol–water partition coefficient (Wildman–Crippen LogP) is 2.02. The minimum absolute atomic E-state index is 0.132. The zero-order valence-electron chi connectivity index (χ0n) is 10.7. The van der Waals surface area contributed by atoms with E-state index in [1.807, 2.05) is 12.1 Å². The molecule has 0 atom stereocenters. The largest absolute Gasteiger partial charge is 0.368 e. The molecular weight excluding hydrogens is 298 g/mol. The first kappa shape index (κ1) is 14.5. The zero-order valence-corrected chi connectivity index (χ0v) is 12.2. The maximum atomic E-state index is 12.0. The summed E-state index contributed by atoms with van der Waals surface area (Å²) in [4.78, 5) is 28.3. The summed E-state index contributed by atoms with van der Waals surface area (Å²) in [5.74, 6) is -0.894. The van der Waals surface area contributed by atoms with Crippen LogP contribution in [0.25, 0.3) is 10.6 Å². The summed E-state index contributed by atoms with van der Waals surface area (Å²) >= 11 is 7.18. The number of hydrogen-bond acceptors (Lipinski definition) is 4. The lowest BCUT2D eigenvalue weighted by molar-refractivity contribution is -0.118. The molecule has 1 aromatic carbocycles. The van der Waals surface area contributed by atoms with E-state index in [-0.39, 0.29) is 12.5 Å². The molecule has 0 spiro atoms. The van der Waals surface area contributed by atoms with E-state index in [4.69, 9.17) is 17.3 Å². The molecule has 0 unspecified atom stereocenters. The van der Waals surface area contributed by atoms with Gasteiger partial charge in [-0.05, 0) is 12.1 Å². The summed E-state index contributed by atoms with van der Waals surface area (Å²) in [5, 5.41) is 3.02. The van der Waals surface area contributed by atoms with Gasteiger partial charge in [-0.3, -0.25) is 9.59 Å². The number of primary amides is 1. The number of rotatable bonds is 4. The van der Waals surface area contributed by atoms with Gasteiger partial charge in [-0.1, -0.05) is 23.7 Å². The van der Waals surface area contributed by atoms with Gasteiger partial charge in [-0.25, -0.2) is 4.98 Å². The average molecular weight is 310 g/mol. The molecule has 1 aromatic heterocycles. The second-order valence-electron chi connectivity index (χ2n) is 4.17. The van der Waals surface area contributed by atoms with Crippen LogP contribution in [0.5, 0.6) is 0 Å². The molecule has 2 rings (SSSR count). The van der Waals surface area contributed by atoms with Crippen LogP contribution in [0.4, 0.5) is 0 Å². The van der Waals surface area contributed by atoms with Crippen molar-refractivity contribution in [3.8, 4) is 10.6 Å². The van der Waals surface area contributed by atoms with Crippen molar-refractivity contribution in [1.29, 1.82) is 0 Å². The molecule has 0 fully saturated rings. The van der Waals surface area contributed by atoms with E-state index in [0.29, 0.717) is 10.7 Å². The Balaban J connectivity index is 2.18. The van der Waals surface area contributed by atoms with Crippen LogP contribution in [0, 0.1) is 0 Å². The fraction of sp³-hybridized carbons (Fsp3) is 0.154. The van der Waals surface area contributed by atoms with Gasteiger partial charge in [-0.15, -0.1) is 11.3 Å². The minimum atomic E-state index is -0.561. The highest BCUT2D eigenvalue weighted by molar-refractivity contribution is 7.13. The van der Waals surface area contributed by atoms with Crippen molar-refractivity contribution >= 4 is 34.8 Å². The third-order valence-electron chi connectivity index (χ3n) is 2.55. The third kappa shape index (κ3) is 3.34. The molecule has 0 bridgehead atoms. The SMILES string of the molecule is CN(CC(N)=O)C(=O)c1csc(-c2ccc(Cl)cc2)n1. The highest BCUT2D eigenvalue weighted by Crippen LogP contribution is 2.25. The van der Waals surface area contributed by atoms with Gasteiger partial charge in [0.15, 0.2) is 0 Å². The molecule has 2 N–H and O–H groups in total. The molecule has 20 heavy (non-hydrogen) atoms. The van der Waals surface area contributed by atoms with E-state index >= 15 is 0 Å². The number of likely N-dealkylation sites (N-methyl/N-ethyl adjacent to an activating group) is 1. The Morgan fingerprint density at radius 3 is 2.60 bits per heavy atom. The van der Waals surface area contributed by atoms with Crippen molar-refractivity contribution in [3.05, 3.63) is 40.4 Å². The molecule has 5 nitrogen and oxygen atoms in total. The van der Waals surface area contributed by atoms with Crippen LogP contribution >= 0.6 is 22.9 Å². The van der Waals surface area contributed by atoms with Crippen molar-refractivity contribution in [2.45, 2.75) is 0 Å². The molecule has 7 heteroatoms. The topological polar surface area (TPSA) is 76.3 Å². The predicted molar refractivity (Wildman–Crippen MR) is 78.7 cm³/mol. The van der Waals surface area contributed by atoms with Crippen LogP contribution in [0.15, 0.2) is 29.6 Å². The van der Waals surface area contributed by atoms with E-state index < -0.39 is 5.91 Å². The first-order valence-corrected chi connectivity index (χ1v) is 6.98. The maximum Gasteiger partial charge on any atom is 0.273 e. The third-order valence-corrected chi connectivity index (χ3v) is 3.70. The van der Waals surface area contributed by atoms with Gasteiger partial charge in [-0.2, -0.15) is 0 Å². The molecule has 0 radical (unpaired) electrons. The van der Waals surface area contributed by atoms with Gasteiger partial charge in [0.05, 0.1) is 6.54 Å². The highest BCUT2D eigenvalue weighted by Gasteiger charge is 2.17. The summed E-state index contributed by atoms with van der Waals surface area (Å²) in [5.41, 5.74) is 6.24. The monoisotopic (exact) mass is 309 g/mol. The standard InChI is InChI=1S/C13H12ClN3O2S/c1-17(6-11(15)18)13(19)10-7-20-12(16-10)8-2-4-9(14)5-3-8/h2-5,7H,6H2,1H3,(H2,15,18). The number of thiazole rings is 1. The lowest BCUT2D eigenvalue weighted by Crippen LogP contribution is -2.35. The summed E-state index contributed by atoms with van der Waals surface area (Å²) in [6.45, 7) is -0.132. The maximum absolute atomic E-state index is 12.0. The number of halogens is 1. The number of nitrogens with two attached hydrogens (primary N) is 1. The van der Waals surface area contributed by atoms with E-state index in [1.165, 1.54) is 23.3 Å². The Hall–Kier alpha value is -1.92. The second kappa shape index (κ2) is 6.02. The minimum Gasteiger partial charge on any atom is -0.368 e. The number of hydrogen-bond donors (Lipinski definition) is 1. The molecular formula is C13H12ClN3O2S. The Labute approximate surface area is 125 Å². The number of nitrogens with zero attached hydrogens (tertiary/aromatic N) is 2. The molecule has 1 heterocycles. The average Bonchev–Trinajstić information content (AvgIpc) is 2.87. The van der Waals surface area contributed by atoms with Gasteiger partial charge in [0.25, 0.3) is 5.91 Å². The molecule has 0 aliphatic rings. The number of amides is 2. The molecule has 0 saturated carbocycles. The highest BCUT2D eigenvalue weighted by atomic mass is 35.5. The molecule has 0 aliphatic heterocycles. The molecule has 2 amide bonds. The van der Waals surface area contributed by atoms with Crippen LogP contribution in [0.2, 0.25) is 5.02 Å². The lowest BCUT2D eigenvalue weighted by Gasteiger charge is -2.12. The van der Waals surface area contributed by atoms with E-state index in [2.05, 4.69) is 4.98 Å². The van der Waals surface area contributed by atoms with E-state index in [1.54, 1.807) is 17.5 Å². The van der Waals surface area contributed by atoms with Crippen molar-refractivity contribution < 1.29 is 9.59 Å². The van der Waals surface area contributed by atoms with Crippen LogP contribution in [-0.2, 0) is 4.79 Å². The van der Waals surface area contributed by atoms with Gasteiger partial charge in [0.2, 0.25) is 5.91 Å². The van der Waals surface area contributed by atoms with Crippen molar-refractivity contribution in [3.63, 3.8) is 0 Å².